The molecule has 1 aromatic rings. The Morgan fingerprint density at radius 2 is 2.00 bits per heavy atom. The number of halogens is 1. The lowest BCUT2D eigenvalue weighted by Gasteiger charge is -2.13. The van der Waals surface area contributed by atoms with E-state index in [0.717, 1.165) is 6.07 Å². The minimum absolute atomic E-state index is 0.209. The third kappa shape index (κ3) is 1.82. The van der Waals surface area contributed by atoms with E-state index in [0.29, 0.717) is 0 Å². The van der Waals surface area contributed by atoms with Crippen LogP contribution in [0.3, 0.4) is 0 Å². The van der Waals surface area contributed by atoms with E-state index in [-0.39, 0.29) is 5.56 Å². The fraction of sp³-hybridized carbons (Fsp3) is 0.222. The van der Waals surface area contributed by atoms with Crippen molar-refractivity contribution in [1.29, 1.82) is 5.26 Å². The van der Waals surface area contributed by atoms with Crippen LogP contribution in [0.5, 0.6) is 5.75 Å². The van der Waals surface area contributed by atoms with Crippen molar-refractivity contribution in [2.75, 3.05) is 0 Å². The maximum atomic E-state index is 12.8. The molecule has 3 N–H and O–H groups in total. The van der Waals surface area contributed by atoms with Crippen molar-refractivity contribution in [2.45, 2.75) is 12.2 Å². The molecule has 0 bridgehead atoms. The summed E-state index contributed by atoms with van der Waals surface area (Å²) in [6.45, 7) is 0. The predicted molar refractivity (Wildman–Crippen MR) is 44.6 cm³/mol. The molecule has 0 spiro atoms. The minimum atomic E-state index is -1.69. The lowest BCUT2D eigenvalue weighted by molar-refractivity contribution is 0.0508. The Hall–Kier alpha value is -1.64. The molecule has 0 saturated carbocycles. The Morgan fingerprint density at radius 3 is 2.57 bits per heavy atom. The van der Waals surface area contributed by atoms with Crippen LogP contribution < -0.4 is 0 Å². The van der Waals surface area contributed by atoms with Gasteiger partial charge >= 0.3 is 0 Å². The van der Waals surface area contributed by atoms with Gasteiger partial charge in [-0.15, -0.1) is 0 Å². The van der Waals surface area contributed by atoms with Gasteiger partial charge in [-0.2, -0.15) is 5.26 Å². The molecule has 5 heteroatoms. The Balaban J connectivity index is 3.08. The van der Waals surface area contributed by atoms with Crippen LogP contribution in [0.2, 0.25) is 0 Å². The summed E-state index contributed by atoms with van der Waals surface area (Å²) in [5, 5.41) is 35.7. The van der Waals surface area contributed by atoms with Gasteiger partial charge in [0.25, 0.3) is 0 Å². The van der Waals surface area contributed by atoms with Crippen LogP contribution in [0.1, 0.15) is 11.7 Å². The number of phenols is 1. The summed E-state index contributed by atoms with van der Waals surface area (Å²) in [5.74, 6) is -1.67. The number of para-hydroxylation sites is 1. The van der Waals surface area contributed by atoms with Gasteiger partial charge in [0.2, 0.25) is 0 Å². The zero-order valence-electron chi connectivity index (χ0n) is 7.05. The number of nitrogens with zero attached hydrogens (tertiary/aromatic N) is 1. The number of benzene rings is 1. The van der Waals surface area contributed by atoms with Crippen LogP contribution in [0.25, 0.3) is 0 Å². The normalized spacial score (nSPS) is 14.4. The van der Waals surface area contributed by atoms with Gasteiger partial charge in [-0.25, -0.2) is 4.39 Å². The molecule has 0 aromatic heterocycles. The molecular formula is C9H8FNO3. The highest BCUT2D eigenvalue weighted by Gasteiger charge is 2.22. The maximum Gasteiger partial charge on any atom is 0.170 e. The molecule has 0 aliphatic carbocycles. The fourth-order valence-electron chi connectivity index (χ4n) is 1.01. The molecule has 0 fully saturated rings. The largest absolute Gasteiger partial charge is 0.505 e. The van der Waals surface area contributed by atoms with Gasteiger partial charge < -0.3 is 15.3 Å². The third-order valence-corrected chi connectivity index (χ3v) is 1.77. The molecule has 4 nitrogen and oxygen atoms in total. The number of phenolic OH excluding ortho intramolecular Hbond substituents is 1. The van der Waals surface area contributed by atoms with Crippen molar-refractivity contribution in [3.63, 3.8) is 0 Å². The van der Waals surface area contributed by atoms with Crippen molar-refractivity contribution < 1.29 is 19.7 Å². The number of nitriles is 1. The molecule has 14 heavy (non-hydrogen) atoms. The van der Waals surface area contributed by atoms with Crippen LogP contribution in [-0.4, -0.2) is 21.4 Å². The minimum Gasteiger partial charge on any atom is -0.505 e. The zero-order valence-corrected chi connectivity index (χ0v) is 7.05. The van der Waals surface area contributed by atoms with Gasteiger partial charge in [0.1, 0.15) is 6.10 Å². The van der Waals surface area contributed by atoms with Crippen molar-refractivity contribution >= 4 is 0 Å². The lowest BCUT2D eigenvalue weighted by Crippen LogP contribution is -2.16. The highest BCUT2D eigenvalue weighted by molar-refractivity contribution is 5.36. The average Bonchev–Trinajstić information content (AvgIpc) is 2.20. The maximum absolute atomic E-state index is 12.8. The molecule has 0 saturated heterocycles. The number of rotatable bonds is 2. The van der Waals surface area contributed by atoms with E-state index in [1.54, 1.807) is 0 Å². The van der Waals surface area contributed by atoms with Crippen molar-refractivity contribution in [2.24, 2.45) is 0 Å². The van der Waals surface area contributed by atoms with Gasteiger partial charge in [-0.05, 0) is 6.07 Å². The molecule has 0 radical (unpaired) electrons. The summed E-state index contributed by atoms with van der Waals surface area (Å²) in [5.41, 5.74) is -0.209. The van der Waals surface area contributed by atoms with Gasteiger partial charge in [0.15, 0.2) is 17.7 Å². The summed E-state index contributed by atoms with van der Waals surface area (Å²) in [7, 11) is 0. The first kappa shape index (κ1) is 10.4. The first-order chi connectivity index (χ1) is 6.57. The lowest BCUT2D eigenvalue weighted by atomic mass is 10.0. The van der Waals surface area contributed by atoms with Crippen molar-refractivity contribution in [1.82, 2.24) is 0 Å². The predicted octanol–water partition coefficient (Wildman–Crippen LogP) is 0.449. The Labute approximate surface area is 79.5 Å². The van der Waals surface area contributed by atoms with E-state index < -0.39 is 23.8 Å². The Morgan fingerprint density at radius 1 is 1.36 bits per heavy atom. The van der Waals surface area contributed by atoms with E-state index in [1.807, 2.05) is 0 Å². The summed E-state index contributed by atoms with van der Waals surface area (Å²) in [6, 6.07) is 4.87. The zero-order chi connectivity index (χ0) is 10.7. The first-order valence-corrected chi connectivity index (χ1v) is 3.81. The molecule has 0 aliphatic heterocycles. The third-order valence-electron chi connectivity index (χ3n) is 1.77. The van der Waals surface area contributed by atoms with E-state index in [4.69, 9.17) is 15.5 Å². The molecule has 0 aliphatic rings. The summed E-state index contributed by atoms with van der Waals surface area (Å²) >= 11 is 0. The van der Waals surface area contributed by atoms with Crippen molar-refractivity contribution in [3.8, 4) is 11.8 Å². The van der Waals surface area contributed by atoms with Gasteiger partial charge in [0.05, 0.1) is 6.07 Å². The van der Waals surface area contributed by atoms with Crippen molar-refractivity contribution in [3.05, 3.63) is 29.6 Å². The van der Waals surface area contributed by atoms with Crippen LogP contribution in [0.4, 0.5) is 4.39 Å². The van der Waals surface area contributed by atoms with Crippen LogP contribution >= 0.6 is 0 Å². The average molecular weight is 197 g/mol. The highest BCUT2D eigenvalue weighted by atomic mass is 19.1. The molecule has 2 atom stereocenters. The highest BCUT2D eigenvalue weighted by Crippen LogP contribution is 2.28. The fourth-order valence-corrected chi connectivity index (χ4v) is 1.01. The number of aliphatic hydroxyl groups is 2. The molecule has 0 heterocycles. The summed E-state index contributed by atoms with van der Waals surface area (Å²) in [4.78, 5) is 0. The molecule has 74 valence electrons. The molecule has 2 unspecified atom stereocenters. The van der Waals surface area contributed by atoms with E-state index in [9.17, 15) is 9.50 Å². The van der Waals surface area contributed by atoms with E-state index in [2.05, 4.69) is 0 Å². The quantitative estimate of drug-likeness (QED) is 0.601. The molecule has 1 aromatic carbocycles. The second kappa shape index (κ2) is 4.05. The monoisotopic (exact) mass is 197 g/mol. The number of hydrogen-bond acceptors (Lipinski definition) is 4. The Bertz CT molecular complexity index is 375. The number of aromatic hydroxyl groups is 1. The second-order valence-corrected chi connectivity index (χ2v) is 2.70. The molecule has 0 amide bonds. The topological polar surface area (TPSA) is 84.5 Å². The number of aliphatic hydroxyl groups excluding tert-OH is 2. The van der Waals surface area contributed by atoms with E-state index >= 15 is 0 Å². The van der Waals surface area contributed by atoms with Gasteiger partial charge in [0, 0.05) is 5.56 Å². The number of hydrogen-bond donors (Lipinski definition) is 3. The van der Waals surface area contributed by atoms with Crippen LogP contribution in [0, 0.1) is 17.1 Å². The van der Waals surface area contributed by atoms with Crippen LogP contribution in [0.15, 0.2) is 18.2 Å². The van der Waals surface area contributed by atoms with Gasteiger partial charge in [-0.1, -0.05) is 12.1 Å². The Kier molecular flexibility index (Phi) is 3.02. The smallest absolute Gasteiger partial charge is 0.170 e. The molecule has 1 rings (SSSR count). The van der Waals surface area contributed by atoms with E-state index in [1.165, 1.54) is 18.2 Å². The second-order valence-electron chi connectivity index (χ2n) is 2.70. The SMILES string of the molecule is N#CC(O)C(O)c1cccc(F)c1O. The summed E-state index contributed by atoms with van der Waals surface area (Å²) in [6.07, 6.45) is -3.31. The molecular weight excluding hydrogens is 189 g/mol. The first-order valence-electron chi connectivity index (χ1n) is 3.81. The standard InChI is InChI=1S/C9H8FNO3/c10-6-3-1-2-5(8(6)13)9(14)7(12)4-11/h1-3,7,9,12-14H. The van der Waals surface area contributed by atoms with Gasteiger partial charge in [-0.3, -0.25) is 0 Å². The summed E-state index contributed by atoms with van der Waals surface area (Å²) < 4.78 is 12.8. The van der Waals surface area contributed by atoms with Crippen LogP contribution in [-0.2, 0) is 0 Å².